The van der Waals surface area contributed by atoms with Crippen molar-refractivity contribution in [3.05, 3.63) is 72.7 Å². The van der Waals surface area contributed by atoms with Gasteiger partial charge >= 0.3 is 0 Å². The van der Waals surface area contributed by atoms with E-state index in [1.165, 1.54) is 22.1 Å². The molecular formula is C18H13IrN2-. The van der Waals surface area contributed by atoms with Crippen molar-refractivity contribution in [3.63, 3.8) is 0 Å². The summed E-state index contributed by atoms with van der Waals surface area (Å²) in [5, 5.41) is 2.29. The van der Waals surface area contributed by atoms with Gasteiger partial charge in [-0.25, -0.2) is 0 Å². The predicted octanol–water partition coefficient (Wildman–Crippen LogP) is 4.26. The van der Waals surface area contributed by atoms with Crippen LogP contribution in [0.15, 0.2) is 61.1 Å². The SMILES string of the molecule is Cc1cn2ccnc2c2[c-]cc(-c3ccccc3)cc12.[Ir]. The number of hydrogen-bond acceptors (Lipinski definition) is 1. The minimum absolute atomic E-state index is 0. The third-order valence-electron chi connectivity index (χ3n) is 3.70. The normalized spacial score (nSPS) is 10.7. The van der Waals surface area contributed by atoms with Gasteiger partial charge in [-0.15, -0.1) is 29.0 Å². The van der Waals surface area contributed by atoms with Gasteiger partial charge in [0.15, 0.2) is 0 Å². The predicted molar refractivity (Wildman–Crippen MR) is 81.7 cm³/mol. The maximum absolute atomic E-state index is 4.42. The van der Waals surface area contributed by atoms with E-state index in [0.717, 1.165) is 11.0 Å². The molecule has 0 aliphatic carbocycles. The van der Waals surface area contributed by atoms with E-state index in [4.69, 9.17) is 0 Å². The van der Waals surface area contributed by atoms with Crippen LogP contribution in [0.2, 0.25) is 0 Å². The van der Waals surface area contributed by atoms with E-state index in [2.05, 4.69) is 58.9 Å². The van der Waals surface area contributed by atoms with Crippen LogP contribution in [0.25, 0.3) is 27.5 Å². The van der Waals surface area contributed by atoms with Crippen LogP contribution in [0.5, 0.6) is 0 Å². The van der Waals surface area contributed by atoms with Gasteiger partial charge in [0.25, 0.3) is 0 Å². The second-order valence-corrected chi connectivity index (χ2v) is 5.01. The summed E-state index contributed by atoms with van der Waals surface area (Å²) in [7, 11) is 0. The van der Waals surface area contributed by atoms with Gasteiger partial charge in [0.2, 0.25) is 0 Å². The van der Waals surface area contributed by atoms with Crippen LogP contribution in [0.3, 0.4) is 0 Å². The number of fused-ring (bicyclic) bond motifs is 3. The molecule has 21 heavy (non-hydrogen) atoms. The van der Waals surface area contributed by atoms with Crippen molar-refractivity contribution < 1.29 is 20.1 Å². The number of imidazole rings is 1. The molecule has 105 valence electrons. The van der Waals surface area contributed by atoms with Gasteiger partial charge in [0.05, 0.1) is 5.65 Å². The summed E-state index contributed by atoms with van der Waals surface area (Å²) < 4.78 is 2.05. The van der Waals surface area contributed by atoms with Crippen molar-refractivity contribution in [2.45, 2.75) is 6.92 Å². The van der Waals surface area contributed by atoms with Crippen molar-refractivity contribution >= 4 is 16.4 Å². The number of rotatable bonds is 1. The van der Waals surface area contributed by atoms with Gasteiger partial charge in [-0.05, 0) is 13.1 Å². The molecule has 1 radical (unpaired) electrons. The largest absolute Gasteiger partial charge is 0.347 e. The van der Waals surface area contributed by atoms with E-state index in [0.29, 0.717) is 0 Å². The summed E-state index contributed by atoms with van der Waals surface area (Å²) in [6.45, 7) is 2.13. The molecular weight excluding hydrogens is 436 g/mol. The number of hydrogen-bond donors (Lipinski definition) is 0. The Hall–Kier alpha value is -1.96. The van der Waals surface area contributed by atoms with Gasteiger partial charge in [0.1, 0.15) is 0 Å². The second kappa shape index (κ2) is 5.44. The Bertz CT molecular complexity index is 910. The summed E-state index contributed by atoms with van der Waals surface area (Å²) in [5.41, 5.74) is 4.61. The van der Waals surface area contributed by atoms with E-state index >= 15 is 0 Å². The Morgan fingerprint density at radius 2 is 1.90 bits per heavy atom. The first kappa shape index (κ1) is 14.0. The fraction of sp³-hybridized carbons (Fsp3) is 0.0556. The maximum atomic E-state index is 4.42. The monoisotopic (exact) mass is 450 g/mol. The van der Waals surface area contributed by atoms with Crippen LogP contribution < -0.4 is 0 Å². The first-order valence-electron chi connectivity index (χ1n) is 6.66. The molecule has 0 N–H and O–H groups in total. The summed E-state index contributed by atoms with van der Waals surface area (Å²) in [5.74, 6) is 0. The standard InChI is InChI=1S/C18H13N2.Ir/c1-13-12-20-10-9-19-18(20)16-8-7-15(11-17(13)16)14-5-3-2-4-6-14;/h2-7,9-12H,1H3;/q-1;. The molecule has 0 aliphatic heterocycles. The maximum Gasteiger partial charge on any atom is 0.0603 e. The number of aromatic nitrogens is 2. The number of benzene rings is 2. The van der Waals surface area contributed by atoms with Gasteiger partial charge in [-0.3, -0.25) is 4.98 Å². The van der Waals surface area contributed by atoms with Crippen LogP contribution in [0.1, 0.15) is 5.56 Å². The third kappa shape index (κ3) is 2.29. The van der Waals surface area contributed by atoms with Gasteiger partial charge < -0.3 is 4.40 Å². The van der Waals surface area contributed by atoms with Gasteiger partial charge in [-0.1, -0.05) is 47.0 Å². The van der Waals surface area contributed by atoms with Gasteiger partial charge in [-0.2, -0.15) is 0 Å². The second-order valence-electron chi connectivity index (χ2n) is 5.01. The summed E-state index contributed by atoms with van der Waals surface area (Å²) >= 11 is 0. The molecule has 0 atom stereocenters. The van der Waals surface area contributed by atoms with E-state index in [9.17, 15) is 0 Å². The van der Waals surface area contributed by atoms with Crippen LogP contribution >= 0.6 is 0 Å². The molecule has 2 aromatic heterocycles. The molecule has 3 heteroatoms. The zero-order chi connectivity index (χ0) is 13.5. The van der Waals surface area contributed by atoms with E-state index in [1.54, 1.807) is 0 Å². The Balaban J connectivity index is 0.00000132. The molecule has 2 nitrogen and oxygen atoms in total. The zero-order valence-corrected chi connectivity index (χ0v) is 13.9. The van der Waals surface area contributed by atoms with Crippen LogP contribution in [0, 0.1) is 13.0 Å². The van der Waals surface area contributed by atoms with Crippen molar-refractivity contribution in [2.75, 3.05) is 0 Å². The zero-order valence-electron chi connectivity index (χ0n) is 11.5. The third-order valence-corrected chi connectivity index (χ3v) is 3.70. The Morgan fingerprint density at radius 3 is 2.71 bits per heavy atom. The molecule has 0 unspecified atom stereocenters. The van der Waals surface area contributed by atoms with Crippen molar-refractivity contribution in [3.8, 4) is 11.1 Å². The Labute approximate surface area is 136 Å². The van der Waals surface area contributed by atoms with Gasteiger partial charge in [0, 0.05) is 32.5 Å². The van der Waals surface area contributed by atoms with Crippen molar-refractivity contribution in [1.29, 1.82) is 0 Å². The average molecular weight is 450 g/mol. The molecule has 2 heterocycles. The molecule has 0 amide bonds. The number of pyridine rings is 1. The summed E-state index contributed by atoms with van der Waals surface area (Å²) in [6.07, 6.45) is 5.92. The molecule has 0 fully saturated rings. The average Bonchev–Trinajstić information content (AvgIpc) is 2.96. The molecule has 2 aromatic carbocycles. The topological polar surface area (TPSA) is 17.3 Å². The van der Waals surface area contributed by atoms with Crippen LogP contribution in [0.4, 0.5) is 0 Å². The fourth-order valence-electron chi connectivity index (χ4n) is 2.68. The number of nitrogens with zero attached hydrogens (tertiary/aromatic N) is 2. The minimum atomic E-state index is 0. The van der Waals surface area contributed by atoms with E-state index in [1.807, 2.05) is 24.5 Å². The quantitative estimate of drug-likeness (QED) is 0.397. The Morgan fingerprint density at radius 1 is 1.10 bits per heavy atom. The molecule has 0 saturated heterocycles. The molecule has 0 aliphatic rings. The summed E-state index contributed by atoms with van der Waals surface area (Å²) in [6, 6.07) is 18.1. The van der Waals surface area contributed by atoms with Crippen molar-refractivity contribution in [1.82, 2.24) is 9.38 Å². The molecule has 0 spiro atoms. The fourth-order valence-corrected chi connectivity index (χ4v) is 2.68. The first-order valence-corrected chi connectivity index (χ1v) is 6.66. The first-order chi connectivity index (χ1) is 9.83. The molecule has 4 rings (SSSR count). The Kier molecular flexibility index (Phi) is 3.62. The minimum Gasteiger partial charge on any atom is -0.347 e. The number of aryl methyl sites for hydroxylation is 1. The van der Waals surface area contributed by atoms with E-state index in [-0.39, 0.29) is 20.1 Å². The molecule has 0 bridgehead atoms. The smallest absolute Gasteiger partial charge is 0.0603 e. The van der Waals surface area contributed by atoms with E-state index < -0.39 is 0 Å². The molecule has 4 aromatic rings. The summed E-state index contributed by atoms with van der Waals surface area (Å²) in [4.78, 5) is 4.42. The van der Waals surface area contributed by atoms with Crippen LogP contribution in [-0.2, 0) is 20.1 Å². The van der Waals surface area contributed by atoms with Crippen LogP contribution in [-0.4, -0.2) is 9.38 Å². The molecule has 0 saturated carbocycles. The van der Waals surface area contributed by atoms with Crippen molar-refractivity contribution in [2.24, 2.45) is 0 Å².